The van der Waals surface area contributed by atoms with Crippen LogP contribution in [-0.2, 0) is 16.6 Å². The van der Waals surface area contributed by atoms with Crippen molar-refractivity contribution in [2.45, 2.75) is 18.4 Å². The summed E-state index contributed by atoms with van der Waals surface area (Å²) in [5.74, 6) is -0.454. The first-order valence-corrected chi connectivity index (χ1v) is 8.49. The third-order valence-corrected chi connectivity index (χ3v) is 5.55. The number of sulfonamides is 1. The lowest BCUT2D eigenvalue weighted by Crippen LogP contribution is -2.24. The van der Waals surface area contributed by atoms with Crippen molar-refractivity contribution in [3.63, 3.8) is 0 Å². The number of hydrogen-bond donors (Lipinski definition) is 1. The van der Waals surface area contributed by atoms with Crippen molar-refractivity contribution in [3.8, 4) is 0 Å². The van der Waals surface area contributed by atoms with Crippen molar-refractivity contribution in [2.75, 3.05) is 0 Å². The first-order valence-electron chi connectivity index (χ1n) is 6.12. The van der Waals surface area contributed by atoms with Gasteiger partial charge in [-0.15, -0.1) is 11.3 Å². The van der Waals surface area contributed by atoms with E-state index < -0.39 is 15.8 Å². The molecule has 0 bridgehead atoms. The molecule has 0 aliphatic carbocycles. The minimum atomic E-state index is -3.68. The van der Waals surface area contributed by atoms with E-state index in [4.69, 9.17) is 0 Å². The number of aromatic nitrogens is 2. The molecule has 3 aromatic rings. The van der Waals surface area contributed by atoms with Crippen LogP contribution in [0.15, 0.2) is 40.9 Å². The quantitative estimate of drug-likeness (QED) is 0.801. The van der Waals surface area contributed by atoms with Gasteiger partial charge in [0.25, 0.3) is 0 Å². The van der Waals surface area contributed by atoms with Crippen molar-refractivity contribution in [2.24, 2.45) is 0 Å². The molecule has 8 heteroatoms. The van der Waals surface area contributed by atoms with Crippen LogP contribution in [0.1, 0.15) is 11.3 Å². The van der Waals surface area contributed by atoms with Crippen LogP contribution in [0.25, 0.3) is 4.96 Å². The van der Waals surface area contributed by atoms with Crippen molar-refractivity contribution >= 4 is 26.3 Å². The normalized spacial score (nSPS) is 12.1. The van der Waals surface area contributed by atoms with Gasteiger partial charge in [-0.1, -0.05) is 0 Å². The first-order chi connectivity index (χ1) is 9.97. The van der Waals surface area contributed by atoms with Gasteiger partial charge in [-0.25, -0.2) is 22.5 Å². The topological polar surface area (TPSA) is 63.5 Å². The minimum absolute atomic E-state index is 0.0843. The standard InChI is InChI=1S/C13H12FN3O2S2/c1-9-6-10(14)2-3-12(9)21(18,19)16-7-11-8-20-13-15-4-5-17(11)13/h2-6,8,16H,7H2,1H3. The summed E-state index contributed by atoms with van der Waals surface area (Å²) in [7, 11) is -3.68. The van der Waals surface area contributed by atoms with E-state index in [9.17, 15) is 12.8 Å². The highest BCUT2D eigenvalue weighted by molar-refractivity contribution is 7.89. The smallest absolute Gasteiger partial charge is 0.241 e. The molecule has 0 fully saturated rings. The van der Waals surface area contributed by atoms with E-state index in [0.29, 0.717) is 5.56 Å². The van der Waals surface area contributed by atoms with Gasteiger partial charge in [-0.3, -0.25) is 4.40 Å². The first kappa shape index (κ1) is 14.2. The molecule has 5 nitrogen and oxygen atoms in total. The van der Waals surface area contributed by atoms with E-state index in [1.165, 1.54) is 23.5 Å². The Morgan fingerprint density at radius 3 is 3.00 bits per heavy atom. The minimum Gasteiger partial charge on any atom is -0.293 e. The number of hydrogen-bond acceptors (Lipinski definition) is 4. The average molecular weight is 325 g/mol. The highest BCUT2D eigenvalue weighted by Crippen LogP contribution is 2.18. The van der Waals surface area contributed by atoms with Gasteiger partial charge >= 0.3 is 0 Å². The van der Waals surface area contributed by atoms with Gasteiger partial charge in [0.05, 0.1) is 11.4 Å². The lowest BCUT2D eigenvalue weighted by Gasteiger charge is -2.09. The fourth-order valence-electron chi connectivity index (χ4n) is 2.06. The lowest BCUT2D eigenvalue weighted by molar-refractivity contribution is 0.578. The van der Waals surface area contributed by atoms with Crippen LogP contribution in [0.4, 0.5) is 4.39 Å². The summed E-state index contributed by atoms with van der Waals surface area (Å²) in [6.07, 6.45) is 3.44. The predicted octanol–water partition coefficient (Wildman–Crippen LogP) is 2.32. The summed E-state index contributed by atoms with van der Waals surface area (Å²) in [5, 5.41) is 1.85. The van der Waals surface area contributed by atoms with Crippen LogP contribution in [0.2, 0.25) is 0 Å². The lowest BCUT2D eigenvalue weighted by atomic mass is 10.2. The van der Waals surface area contributed by atoms with E-state index >= 15 is 0 Å². The summed E-state index contributed by atoms with van der Waals surface area (Å²) < 4.78 is 42.0. The van der Waals surface area contributed by atoms with Gasteiger partial charge in [0.1, 0.15) is 5.82 Å². The molecule has 2 aromatic heterocycles. The molecule has 0 amide bonds. The van der Waals surface area contributed by atoms with Crippen molar-refractivity contribution in [3.05, 3.63) is 53.0 Å². The predicted molar refractivity (Wildman–Crippen MR) is 78.2 cm³/mol. The molecule has 0 aliphatic rings. The van der Waals surface area contributed by atoms with Crippen LogP contribution in [-0.4, -0.2) is 17.8 Å². The second kappa shape index (κ2) is 5.21. The number of rotatable bonds is 4. The van der Waals surface area contributed by atoms with Gasteiger partial charge in [-0.2, -0.15) is 0 Å². The Morgan fingerprint density at radius 1 is 1.43 bits per heavy atom. The number of imidazole rings is 1. The van der Waals surface area contributed by atoms with E-state index in [1.807, 2.05) is 9.78 Å². The zero-order valence-electron chi connectivity index (χ0n) is 11.1. The number of nitrogens with one attached hydrogen (secondary N) is 1. The van der Waals surface area contributed by atoms with Gasteiger partial charge in [0, 0.05) is 23.5 Å². The molecule has 0 unspecified atom stereocenters. The van der Waals surface area contributed by atoms with E-state index in [-0.39, 0.29) is 11.4 Å². The maximum atomic E-state index is 13.1. The van der Waals surface area contributed by atoms with Crippen LogP contribution >= 0.6 is 11.3 Å². The Balaban J connectivity index is 1.85. The monoisotopic (exact) mass is 325 g/mol. The molecule has 0 atom stereocenters. The van der Waals surface area contributed by atoms with Crippen LogP contribution in [0.3, 0.4) is 0 Å². The Labute approximate surface area is 125 Å². The van der Waals surface area contributed by atoms with Crippen LogP contribution < -0.4 is 4.72 Å². The zero-order chi connectivity index (χ0) is 15.0. The third-order valence-electron chi connectivity index (χ3n) is 3.09. The molecule has 0 radical (unpaired) electrons. The molecule has 2 heterocycles. The number of fused-ring (bicyclic) bond motifs is 1. The molecule has 3 rings (SSSR count). The zero-order valence-corrected chi connectivity index (χ0v) is 12.7. The van der Waals surface area contributed by atoms with E-state index in [1.54, 1.807) is 19.3 Å². The molecule has 21 heavy (non-hydrogen) atoms. The number of halogens is 1. The SMILES string of the molecule is Cc1cc(F)ccc1S(=O)(=O)NCc1csc2nccn12. The highest BCUT2D eigenvalue weighted by Gasteiger charge is 2.17. The molecule has 0 saturated carbocycles. The van der Waals surface area contributed by atoms with Crippen molar-refractivity contribution in [1.29, 1.82) is 0 Å². The molecule has 0 aliphatic heterocycles. The van der Waals surface area contributed by atoms with Crippen molar-refractivity contribution < 1.29 is 12.8 Å². The highest BCUT2D eigenvalue weighted by atomic mass is 32.2. The molecule has 1 N–H and O–H groups in total. The van der Waals surface area contributed by atoms with Crippen molar-refractivity contribution in [1.82, 2.24) is 14.1 Å². The molecular weight excluding hydrogens is 313 g/mol. The molecule has 0 saturated heterocycles. The fraction of sp³-hybridized carbons (Fsp3) is 0.154. The second-order valence-electron chi connectivity index (χ2n) is 4.54. The Bertz CT molecular complexity index is 899. The van der Waals surface area contributed by atoms with Gasteiger partial charge < -0.3 is 0 Å². The van der Waals surface area contributed by atoms with E-state index in [0.717, 1.165) is 16.7 Å². The molecule has 0 spiro atoms. The number of benzene rings is 1. The van der Waals surface area contributed by atoms with Crippen LogP contribution in [0.5, 0.6) is 0 Å². The number of aryl methyl sites for hydroxylation is 1. The average Bonchev–Trinajstić information content (AvgIpc) is 2.98. The largest absolute Gasteiger partial charge is 0.293 e. The molecule has 110 valence electrons. The molecular formula is C13H12FN3O2S2. The Kier molecular flexibility index (Phi) is 3.52. The summed E-state index contributed by atoms with van der Waals surface area (Å²) >= 11 is 1.44. The Hall–Kier alpha value is -1.77. The summed E-state index contributed by atoms with van der Waals surface area (Å²) in [4.78, 5) is 5.02. The van der Waals surface area contributed by atoms with Gasteiger partial charge in [0.2, 0.25) is 10.0 Å². The summed E-state index contributed by atoms with van der Waals surface area (Å²) in [6, 6.07) is 3.61. The number of nitrogens with zero attached hydrogens (tertiary/aromatic N) is 2. The maximum Gasteiger partial charge on any atom is 0.241 e. The maximum absolute atomic E-state index is 13.1. The van der Waals surface area contributed by atoms with Gasteiger partial charge in [0.15, 0.2) is 4.96 Å². The fourth-order valence-corrected chi connectivity index (χ4v) is 4.14. The van der Waals surface area contributed by atoms with Crippen LogP contribution in [0, 0.1) is 12.7 Å². The van der Waals surface area contributed by atoms with E-state index in [2.05, 4.69) is 9.71 Å². The number of thiazole rings is 1. The summed E-state index contributed by atoms with van der Waals surface area (Å²) in [6.45, 7) is 1.71. The third kappa shape index (κ3) is 2.69. The Morgan fingerprint density at radius 2 is 2.24 bits per heavy atom. The van der Waals surface area contributed by atoms with Gasteiger partial charge in [-0.05, 0) is 30.7 Å². The summed E-state index contributed by atoms with van der Waals surface area (Å²) in [5.41, 5.74) is 1.18. The second-order valence-corrected chi connectivity index (χ2v) is 7.11. The molecule has 1 aromatic carbocycles.